The van der Waals surface area contributed by atoms with Crippen LogP contribution in [-0.2, 0) is 0 Å². The van der Waals surface area contributed by atoms with Crippen molar-refractivity contribution in [3.05, 3.63) is 76.9 Å². The molecule has 1 amide bonds. The molecule has 0 radical (unpaired) electrons. The van der Waals surface area contributed by atoms with E-state index >= 15 is 0 Å². The van der Waals surface area contributed by atoms with Gasteiger partial charge in [-0.25, -0.2) is 5.43 Å². The standard InChI is InChI=1S/C18H18N2O/c1-14-7-6-10-17(12-14)18(21)20-19-13-15(2)11-16-8-4-3-5-9-16/h3-13H,1-2H3,(H,20,21). The molecule has 21 heavy (non-hydrogen) atoms. The van der Waals surface area contributed by atoms with E-state index < -0.39 is 0 Å². The number of rotatable bonds is 4. The van der Waals surface area contributed by atoms with Gasteiger partial charge >= 0.3 is 0 Å². The normalized spacial score (nSPS) is 11.6. The van der Waals surface area contributed by atoms with Gasteiger partial charge in [0.25, 0.3) is 5.91 Å². The van der Waals surface area contributed by atoms with Crippen LogP contribution in [0.2, 0.25) is 0 Å². The molecule has 0 aliphatic carbocycles. The summed E-state index contributed by atoms with van der Waals surface area (Å²) in [5.74, 6) is -0.206. The number of nitrogens with zero attached hydrogens (tertiary/aromatic N) is 1. The number of benzene rings is 2. The Labute approximate surface area is 125 Å². The summed E-state index contributed by atoms with van der Waals surface area (Å²) >= 11 is 0. The van der Waals surface area contributed by atoms with E-state index in [1.807, 2.05) is 68.5 Å². The van der Waals surface area contributed by atoms with Crippen LogP contribution in [0, 0.1) is 6.92 Å². The van der Waals surface area contributed by atoms with E-state index in [2.05, 4.69) is 10.5 Å². The molecule has 2 rings (SSSR count). The van der Waals surface area contributed by atoms with Crippen molar-refractivity contribution in [2.45, 2.75) is 13.8 Å². The van der Waals surface area contributed by atoms with Gasteiger partial charge in [-0.1, -0.05) is 54.1 Å². The van der Waals surface area contributed by atoms with Gasteiger partial charge < -0.3 is 0 Å². The fourth-order valence-electron chi connectivity index (χ4n) is 1.89. The first-order valence-electron chi connectivity index (χ1n) is 6.78. The molecule has 2 aromatic carbocycles. The van der Waals surface area contributed by atoms with Gasteiger partial charge in [0.1, 0.15) is 0 Å². The topological polar surface area (TPSA) is 41.5 Å². The molecule has 0 saturated heterocycles. The maximum atomic E-state index is 11.9. The summed E-state index contributed by atoms with van der Waals surface area (Å²) in [7, 11) is 0. The van der Waals surface area contributed by atoms with Crippen molar-refractivity contribution in [1.29, 1.82) is 0 Å². The molecule has 0 unspecified atom stereocenters. The van der Waals surface area contributed by atoms with Gasteiger partial charge in [0, 0.05) is 5.56 Å². The Balaban J connectivity index is 1.96. The summed E-state index contributed by atoms with van der Waals surface area (Å²) in [6.07, 6.45) is 3.64. The van der Waals surface area contributed by atoms with Gasteiger partial charge in [0.2, 0.25) is 0 Å². The first-order chi connectivity index (χ1) is 10.1. The van der Waals surface area contributed by atoms with Crippen molar-refractivity contribution in [2.24, 2.45) is 5.10 Å². The molecule has 0 aliphatic rings. The lowest BCUT2D eigenvalue weighted by molar-refractivity contribution is 0.0955. The van der Waals surface area contributed by atoms with Crippen molar-refractivity contribution in [3.63, 3.8) is 0 Å². The zero-order valence-electron chi connectivity index (χ0n) is 12.2. The summed E-state index contributed by atoms with van der Waals surface area (Å²) in [6, 6.07) is 17.4. The van der Waals surface area contributed by atoms with Crippen LogP contribution >= 0.6 is 0 Å². The number of allylic oxidation sites excluding steroid dienone is 1. The number of nitrogens with one attached hydrogen (secondary N) is 1. The monoisotopic (exact) mass is 278 g/mol. The Morgan fingerprint density at radius 3 is 2.57 bits per heavy atom. The van der Waals surface area contributed by atoms with Crippen molar-refractivity contribution in [1.82, 2.24) is 5.43 Å². The molecule has 106 valence electrons. The third-order valence-corrected chi connectivity index (χ3v) is 2.91. The lowest BCUT2D eigenvalue weighted by Gasteiger charge is -2.00. The minimum atomic E-state index is -0.206. The Bertz CT molecular complexity index is 673. The molecule has 0 atom stereocenters. The highest BCUT2D eigenvalue weighted by molar-refractivity contribution is 5.95. The quantitative estimate of drug-likeness (QED) is 0.670. The number of aryl methyl sites for hydroxylation is 1. The zero-order valence-corrected chi connectivity index (χ0v) is 12.2. The van der Waals surface area contributed by atoms with Gasteiger partial charge in [-0.15, -0.1) is 0 Å². The van der Waals surface area contributed by atoms with Gasteiger partial charge in [-0.3, -0.25) is 4.79 Å². The SMILES string of the molecule is CC(C=NNC(=O)c1cccc(C)c1)=Cc1ccccc1. The van der Waals surface area contributed by atoms with Crippen LogP contribution in [0.25, 0.3) is 6.08 Å². The van der Waals surface area contributed by atoms with Gasteiger partial charge in [-0.2, -0.15) is 5.10 Å². The Hall–Kier alpha value is -2.68. The van der Waals surface area contributed by atoms with E-state index in [-0.39, 0.29) is 5.91 Å². The van der Waals surface area contributed by atoms with E-state index in [0.717, 1.165) is 16.7 Å². The van der Waals surface area contributed by atoms with Crippen molar-refractivity contribution < 1.29 is 4.79 Å². The molecule has 2 aromatic rings. The molecule has 3 heteroatoms. The molecule has 1 N–H and O–H groups in total. The summed E-state index contributed by atoms with van der Waals surface area (Å²) in [5.41, 5.74) is 6.26. The lowest BCUT2D eigenvalue weighted by atomic mass is 10.1. The molecule has 3 nitrogen and oxygen atoms in total. The molecule has 0 fully saturated rings. The van der Waals surface area contributed by atoms with E-state index in [9.17, 15) is 4.79 Å². The van der Waals surface area contributed by atoms with E-state index in [1.165, 1.54) is 0 Å². The van der Waals surface area contributed by atoms with Crippen molar-refractivity contribution >= 4 is 18.2 Å². The van der Waals surface area contributed by atoms with Crippen LogP contribution < -0.4 is 5.43 Å². The number of hydrogen-bond donors (Lipinski definition) is 1. The van der Waals surface area contributed by atoms with Crippen LogP contribution in [0.4, 0.5) is 0 Å². The molecule has 0 aliphatic heterocycles. The summed E-state index contributed by atoms with van der Waals surface area (Å²) in [5, 5.41) is 3.98. The second-order valence-electron chi connectivity index (χ2n) is 4.87. The first-order valence-corrected chi connectivity index (χ1v) is 6.78. The highest BCUT2D eigenvalue weighted by atomic mass is 16.2. The summed E-state index contributed by atoms with van der Waals surface area (Å²) in [4.78, 5) is 11.9. The van der Waals surface area contributed by atoms with E-state index in [4.69, 9.17) is 0 Å². The van der Waals surface area contributed by atoms with Crippen LogP contribution in [0.1, 0.15) is 28.4 Å². The highest BCUT2D eigenvalue weighted by Crippen LogP contribution is 2.05. The van der Waals surface area contributed by atoms with Crippen LogP contribution in [0.3, 0.4) is 0 Å². The maximum Gasteiger partial charge on any atom is 0.271 e. The van der Waals surface area contributed by atoms with Crippen LogP contribution in [0.15, 0.2) is 65.3 Å². The first kappa shape index (κ1) is 14.7. The average molecular weight is 278 g/mol. The number of hydrazone groups is 1. The fourth-order valence-corrected chi connectivity index (χ4v) is 1.89. The van der Waals surface area contributed by atoms with Crippen LogP contribution in [0.5, 0.6) is 0 Å². The van der Waals surface area contributed by atoms with Gasteiger partial charge in [-0.05, 0) is 37.1 Å². The predicted octanol–water partition coefficient (Wildman–Crippen LogP) is 3.81. The predicted molar refractivity (Wildman–Crippen MR) is 87.2 cm³/mol. The van der Waals surface area contributed by atoms with E-state index in [0.29, 0.717) is 5.56 Å². The van der Waals surface area contributed by atoms with Crippen molar-refractivity contribution in [3.8, 4) is 0 Å². The van der Waals surface area contributed by atoms with E-state index in [1.54, 1.807) is 12.3 Å². The maximum absolute atomic E-state index is 11.9. The zero-order chi connectivity index (χ0) is 15.1. The molecule has 0 heterocycles. The molecular formula is C18H18N2O. The van der Waals surface area contributed by atoms with Gasteiger partial charge in [0.15, 0.2) is 0 Å². The lowest BCUT2D eigenvalue weighted by Crippen LogP contribution is -2.17. The number of carbonyl (C=O) groups is 1. The highest BCUT2D eigenvalue weighted by Gasteiger charge is 2.02. The van der Waals surface area contributed by atoms with Crippen LogP contribution in [-0.4, -0.2) is 12.1 Å². The molecule has 0 spiro atoms. The Kier molecular flexibility index (Phi) is 5.04. The largest absolute Gasteiger partial charge is 0.271 e. The van der Waals surface area contributed by atoms with Crippen molar-refractivity contribution in [2.75, 3.05) is 0 Å². The number of amides is 1. The summed E-state index contributed by atoms with van der Waals surface area (Å²) < 4.78 is 0. The molecule has 0 bridgehead atoms. The Morgan fingerprint density at radius 2 is 1.86 bits per heavy atom. The average Bonchev–Trinajstić information content (AvgIpc) is 2.48. The third-order valence-electron chi connectivity index (χ3n) is 2.91. The number of hydrogen-bond acceptors (Lipinski definition) is 2. The fraction of sp³-hybridized carbons (Fsp3) is 0.111. The third kappa shape index (κ3) is 4.73. The van der Waals surface area contributed by atoms with Gasteiger partial charge in [0.05, 0.1) is 6.21 Å². The molecule has 0 saturated carbocycles. The minimum Gasteiger partial charge on any atom is -0.267 e. The molecular weight excluding hydrogens is 260 g/mol. The Morgan fingerprint density at radius 1 is 1.10 bits per heavy atom. The number of carbonyl (C=O) groups excluding carboxylic acids is 1. The summed E-state index contributed by atoms with van der Waals surface area (Å²) in [6.45, 7) is 3.89. The smallest absolute Gasteiger partial charge is 0.267 e. The second kappa shape index (κ2) is 7.20. The second-order valence-corrected chi connectivity index (χ2v) is 4.87. The molecule has 0 aromatic heterocycles. The minimum absolute atomic E-state index is 0.206.